The van der Waals surface area contributed by atoms with Crippen molar-refractivity contribution in [3.63, 3.8) is 0 Å². The standard InChI is InChI=1S/C29H30O9S/c1-19-13-15-23(16-14-19)39(31,32)38-25-18-34-29(22-11-7-4-8-12-22)37-27(25)26-24(35-20(2)30)17-33-28(36-26)21-9-5-3-6-10-21/h3-16,24-29H,17-18H2,1-2H3/t24-,25-,26-,27-,28-,29-/m1/s1. The Morgan fingerprint density at radius 3 is 1.74 bits per heavy atom. The van der Waals surface area contributed by atoms with Crippen LogP contribution in [0.15, 0.2) is 89.8 Å². The van der Waals surface area contributed by atoms with E-state index in [0.717, 1.165) is 16.7 Å². The highest BCUT2D eigenvalue weighted by Gasteiger charge is 2.49. The van der Waals surface area contributed by atoms with Gasteiger partial charge >= 0.3 is 5.97 Å². The van der Waals surface area contributed by atoms with E-state index >= 15 is 0 Å². The number of hydrogen-bond acceptors (Lipinski definition) is 9. The molecular formula is C29H30O9S. The number of carbonyl (C=O) groups excluding carboxylic acids is 1. The lowest BCUT2D eigenvalue weighted by atomic mass is 10.00. The third-order valence-electron chi connectivity index (χ3n) is 6.46. The molecule has 0 spiro atoms. The average Bonchev–Trinajstić information content (AvgIpc) is 2.94. The van der Waals surface area contributed by atoms with Crippen LogP contribution in [-0.4, -0.2) is 52.0 Å². The SMILES string of the molecule is CC(=O)O[C@@H]1CO[C@@H](c2ccccc2)O[C@H]1[C@@H]1O[C@H](c2ccccc2)OC[C@H]1OS(=O)(=O)c1ccc(C)cc1. The van der Waals surface area contributed by atoms with Crippen LogP contribution in [0.3, 0.4) is 0 Å². The van der Waals surface area contributed by atoms with Crippen LogP contribution in [0.4, 0.5) is 0 Å². The molecular weight excluding hydrogens is 524 g/mol. The minimum Gasteiger partial charge on any atom is -0.457 e. The molecule has 206 valence electrons. The topological polar surface area (TPSA) is 107 Å². The predicted molar refractivity (Wildman–Crippen MR) is 139 cm³/mol. The Bertz CT molecular complexity index is 1350. The summed E-state index contributed by atoms with van der Waals surface area (Å²) in [4.78, 5) is 12.0. The molecule has 2 aliphatic heterocycles. The summed E-state index contributed by atoms with van der Waals surface area (Å²) >= 11 is 0. The fraction of sp³-hybridized carbons (Fsp3) is 0.345. The molecule has 0 bridgehead atoms. The zero-order valence-corrected chi connectivity index (χ0v) is 22.4. The molecule has 2 heterocycles. The Kier molecular flexibility index (Phi) is 8.41. The summed E-state index contributed by atoms with van der Waals surface area (Å²) in [5.74, 6) is -0.535. The van der Waals surface area contributed by atoms with Gasteiger partial charge in [0, 0.05) is 18.1 Å². The first-order valence-electron chi connectivity index (χ1n) is 12.6. The van der Waals surface area contributed by atoms with Crippen LogP contribution in [0.2, 0.25) is 0 Å². The molecule has 10 heteroatoms. The van der Waals surface area contributed by atoms with Crippen molar-refractivity contribution in [2.24, 2.45) is 0 Å². The summed E-state index contributed by atoms with van der Waals surface area (Å²) in [6.07, 6.45) is -5.52. The molecule has 3 aromatic carbocycles. The van der Waals surface area contributed by atoms with Gasteiger partial charge < -0.3 is 23.7 Å². The fourth-order valence-electron chi connectivity index (χ4n) is 4.56. The van der Waals surface area contributed by atoms with Crippen molar-refractivity contribution in [3.8, 4) is 0 Å². The van der Waals surface area contributed by atoms with E-state index < -0.39 is 53.1 Å². The van der Waals surface area contributed by atoms with Crippen LogP contribution in [0.1, 0.15) is 36.2 Å². The highest BCUT2D eigenvalue weighted by molar-refractivity contribution is 7.86. The van der Waals surface area contributed by atoms with Gasteiger partial charge in [0.15, 0.2) is 18.7 Å². The second-order valence-corrected chi connectivity index (χ2v) is 11.0. The number of ether oxygens (including phenoxy) is 5. The molecule has 0 N–H and O–H groups in total. The van der Waals surface area contributed by atoms with Gasteiger partial charge in [0.2, 0.25) is 0 Å². The molecule has 5 rings (SSSR count). The molecule has 39 heavy (non-hydrogen) atoms. The third kappa shape index (κ3) is 6.55. The Morgan fingerprint density at radius 2 is 1.23 bits per heavy atom. The molecule has 0 saturated carbocycles. The Labute approximate surface area is 227 Å². The average molecular weight is 555 g/mol. The first kappa shape index (κ1) is 27.4. The quantitative estimate of drug-likeness (QED) is 0.313. The van der Waals surface area contributed by atoms with Gasteiger partial charge in [-0.05, 0) is 19.1 Å². The summed E-state index contributed by atoms with van der Waals surface area (Å²) in [5.41, 5.74) is 2.40. The number of aryl methyl sites for hydroxylation is 1. The van der Waals surface area contributed by atoms with Crippen molar-refractivity contribution in [3.05, 3.63) is 102 Å². The zero-order chi connectivity index (χ0) is 27.4. The smallest absolute Gasteiger partial charge is 0.303 e. The fourth-order valence-corrected chi connectivity index (χ4v) is 5.63. The van der Waals surface area contributed by atoms with Crippen molar-refractivity contribution in [1.29, 1.82) is 0 Å². The van der Waals surface area contributed by atoms with E-state index in [1.165, 1.54) is 19.1 Å². The van der Waals surface area contributed by atoms with Crippen molar-refractivity contribution in [2.45, 2.75) is 55.7 Å². The molecule has 0 aliphatic carbocycles. The number of hydrogen-bond donors (Lipinski definition) is 0. The van der Waals surface area contributed by atoms with E-state index in [-0.39, 0.29) is 18.1 Å². The Balaban J connectivity index is 1.48. The van der Waals surface area contributed by atoms with E-state index in [2.05, 4.69) is 0 Å². The summed E-state index contributed by atoms with van der Waals surface area (Å²) < 4.78 is 62.2. The van der Waals surface area contributed by atoms with Crippen LogP contribution >= 0.6 is 0 Å². The van der Waals surface area contributed by atoms with Crippen molar-refractivity contribution in [2.75, 3.05) is 13.2 Å². The van der Waals surface area contributed by atoms with Crippen LogP contribution in [0.5, 0.6) is 0 Å². The summed E-state index contributed by atoms with van der Waals surface area (Å²) in [6.45, 7) is 3.05. The van der Waals surface area contributed by atoms with Gasteiger partial charge in [-0.3, -0.25) is 8.98 Å². The van der Waals surface area contributed by atoms with Crippen LogP contribution in [0, 0.1) is 6.92 Å². The maximum atomic E-state index is 13.3. The monoisotopic (exact) mass is 554 g/mol. The highest BCUT2D eigenvalue weighted by atomic mass is 32.2. The highest BCUT2D eigenvalue weighted by Crippen LogP contribution is 2.37. The normalized spacial score (nSPS) is 27.5. The molecule has 0 unspecified atom stereocenters. The Morgan fingerprint density at radius 1 is 0.744 bits per heavy atom. The first-order chi connectivity index (χ1) is 18.8. The van der Waals surface area contributed by atoms with E-state index in [1.807, 2.05) is 67.6 Å². The van der Waals surface area contributed by atoms with E-state index in [4.69, 9.17) is 27.9 Å². The molecule has 3 aromatic rings. The lowest BCUT2D eigenvalue weighted by Gasteiger charge is -2.44. The summed E-state index contributed by atoms with van der Waals surface area (Å²) in [5, 5.41) is 0. The molecule has 2 fully saturated rings. The minimum absolute atomic E-state index is 0.00336. The van der Waals surface area contributed by atoms with Crippen LogP contribution in [0.25, 0.3) is 0 Å². The lowest BCUT2D eigenvalue weighted by molar-refractivity contribution is -0.329. The van der Waals surface area contributed by atoms with E-state index in [1.54, 1.807) is 12.1 Å². The van der Waals surface area contributed by atoms with Gasteiger partial charge in [-0.1, -0.05) is 78.4 Å². The van der Waals surface area contributed by atoms with Crippen LogP contribution < -0.4 is 0 Å². The molecule has 0 amide bonds. The van der Waals surface area contributed by atoms with Gasteiger partial charge in [-0.25, -0.2) is 0 Å². The number of esters is 1. The molecule has 2 saturated heterocycles. The van der Waals surface area contributed by atoms with E-state index in [0.29, 0.717) is 0 Å². The minimum atomic E-state index is -4.19. The number of carbonyl (C=O) groups is 1. The third-order valence-corrected chi connectivity index (χ3v) is 7.81. The number of benzene rings is 3. The van der Waals surface area contributed by atoms with Gasteiger partial charge in [0.25, 0.3) is 10.1 Å². The largest absolute Gasteiger partial charge is 0.457 e. The van der Waals surface area contributed by atoms with Crippen molar-refractivity contribution >= 4 is 16.1 Å². The lowest BCUT2D eigenvalue weighted by Crippen LogP contribution is -2.57. The number of rotatable bonds is 7. The second kappa shape index (κ2) is 12.0. The molecule has 6 atom stereocenters. The molecule has 0 aromatic heterocycles. The van der Waals surface area contributed by atoms with E-state index in [9.17, 15) is 13.2 Å². The van der Waals surface area contributed by atoms with Gasteiger partial charge in [0.1, 0.15) is 18.3 Å². The molecule has 9 nitrogen and oxygen atoms in total. The maximum absolute atomic E-state index is 13.3. The Hall–Kier alpha value is -3.12. The summed E-state index contributed by atoms with van der Waals surface area (Å²) in [7, 11) is -4.19. The molecule has 0 radical (unpaired) electrons. The second-order valence-electron chi connectivity index (χ2n) is 9.40. The van der Waals surface area contributed by atoms with Gasteiger partial charge in [-0.2, -0.15) is 8.42 Å². The van der Waals surface area contributed by atoms with Crippen molar-refractivity contribution in [1.82, 2.24) is 0 Å². The molecule has 2 aliphatic rings. The van der Waals surface area contributed by atoms with Gasteiger partial charge in [0.05, 0.1) is 18.1 Å². The maximum Gasteiger partial charge on any atom is 0.303 e. The summed E-state index contributed by atoms with van der Waals surface area (Å²) in [6, 6.07) is 24.9. The zero-order valence-electron chi connectivity index (χ0n) is 21.5. The van der Waals surface area contributed by atoms with Gasteiger partial charge in [-0.15, -0.1) is 0 Å². The first-order valence-corrected chi connectivity index (χ1v) is 14.0. The van der Waals surface area contributed by atoms with Crippen molar-refractivity contribution < 1.29 is 41.1 Å². The predicted octanol–water partition coefficient (Wildman–Crippen LogP) is 4.23. The van der Waals surface area contributed by atoms with Crippen LogP contribution in [-0.2, 0) is 42.8 Å².